The summed E-state index contributed by atoms with van der Waals surface area (Å²) >= 11 is 0. The van der Waals surface area contributed by atoms with Crippen LogP contribution in [-0.4, -0.2) is 12.1 Å². The summed E-state index contributed by atoms with van der Waals surface area (Å²) in [6, 6.07) is 1.78. The van der Waals surface area contributed by atoms with Crippen molar-refractivity contribution in [3.05, 3.63) is 17.8 Å². The number of pyridine rings is 1. The number of rotatable bonds is 4. The summed E-state index contributed by atoms with van der Waals surface area (Å²) in [5.41, 5.74) is 13.1. The van der Waals surface area contributed by atoms with Gasteiger partial charge in [0.25, 0.3) is 0 Å². The molecule has 4 N–H and O–H groups in total. The first-order valence-electron chi connectivity index (χ1n) is 4.74. The van der Waals surface area contributed by atoms with Crippen molar-refractivity contribution in [1.82, 2.24) is 4.98 Å². The Morgan fingerprint density at radius 2 is 2.29 bits per heavy atom. The summed E-state index contributed by atoms with van der Waals surface area (Å²) < 4.78 is 5.12. The van der Waals surface area contributed by atoms with Crippen LogP contribution in [0.3, 0.4) is 0 Å². The fraction of sp³-hybridized carbons (Fsp3) is 0.500. The van der Waals surface area contributed by atoms with E-state index in [1.54, 1.807) is 13.3 Å². The molecule has 1 aromatic rings. The van der Waals surface area contributed by atoms with Crippen molar-refractivity contribution in [2.24, 2.45) is 5.73 Å². The molecule has 1 atom stereocenters. The predicted octanol–water partition coefficient (Wildman–Crippen LogP) is 1.47. The minimum absolute atomic E-state index is 0.0500. The molecule has 0 saturated heterocycles. The minimum Gasteiger partial charge on any atom is -0.481 e. The van der Waals surface area contributed by atoms with Crippen LogP contribution in [0.25, 0.3) is 0 Å². The smallest absolute Gasteiger partial charge is 0.217 e. The first kappa shape index (κ1) is 10.8. The Bertz CT molecular complexity index is 301. The zero-order valence-corrected chi connectivity index (χ0v) is 8.66. The van der Waals surface area contributed by atoms with E-state index in [4.69, 9.17) is 16.2 Å². The van der Waals surface area contributed by atoms with Gasteiger partial charge in [-0.15, -0.1) is 0 Å². The molecule has 1 heterocycles. The van der Waals surface area contributed by atoms with Crippen LogP contribution in [0.4, 0.5) is 5.69 Å². The number of nitrogen functional groups attached to an aromatic ring is 1. The summed E-state index contributed by atoms with van der Waals surface area (Å²) in [5.74, 6) is 0.570. The lowest BCUT2D eigenvalue weighted by molar-refractivity contribution is 0.387. The van der Waals surface area contributed by atoms with Crippen LogP contribution in [0.15, 0.2) is 12.3 Å². The van der Waals surface area contributed by atoms with Gasteiger partial charge in [-0.25, -0.2) is 4.98 Å². The minimum atomic E-state index is -0.0500. The molecule has 0 aromatic carbocycles. The van der Waals surface area contributed by atoms with Crippen molar-refractivity contribution in [1.29, 1.82) is 0 Å². The van der Waals surface area contributed by atoms with E-state index in [0.717, 1.165) is 18.4 Å². The van der Waals surface area contributed by atoms with Gasteiger partial charge in [0, 0.05) is 11.6 Å². The maximum Gasteiger partial charge on any atom is 0.217 e. The second-order valence-corrected chi connectivity index (χ2v) is 3.26. The Labute approximate surface area is 84.3 Å². The van der Waals surface area contributed by atoms with Gasteiger partial charge in [0.15, 0.2) is 0 Å². The molecule has 0 saturated carbocycles. The number of aromatic nitrogens is 1. The molecular weight excluding hydrogens is 178 g/mol. The third kappa shape index (κ3) is 2.35. The van der Waals surface area contributed by atoms with E-state index in [-0.39, 0.29) is 6.04 Å². The van der Waals surface area contributed by atoms with Crippen molar-refractivity contribution >= 4 is 5.69 Å². The normalized spacial score (nSPS) is 12.5. The molecule has 1 rings (SSSR count). The monoisotopic (exact) mass is 195 g/mol. The molecule has 0 radical (unpaired) electrons. The van der Waals surface area contributed by atoms with Crippen LogP contribution >= 0.6 is 0 Å². The molecule has 1 aromatic heterocycles. The van der Waals surface area contributed by atoms with Crippen LogP contribution in [0.2, 0.25) is 0 Å². The van der Waals surface area contributed by atoms with E-state index in [1.807, 2.05) is 6.07 Å². The van der Waals surface area contributed by atoms with Crippen LogP contribution in [0.5, 0.6) is 5.88 Å². The molecular formula is C10H17N3O. The summed E-state index contributed by atoms with van der Waals surface area (Å²) in [7, 11) is 1.58. The molecule has 0 bridgehead atoms. The molecule has 4 heteroatoms. The van der Waals surface area contributed by atoms with Gasteiger partial charge >= 0.3 is 0 Å². The van der Waals surface area contributed by atoms with Crippen LogP contribution in [0.1, 0.15) is 31.4 Å². The van der Waals surface area contributed by atoms with Gasteiger partial charge in [-0.2, -0.15) is 0 Å². The second kappa shape index (κ2) is 4.81. The van der Waals surface area contributed by atoms with Crippen molar-refractivity contribution in [2.75, 3.05) is 12.8 Å². The number of hydrogen-bond acceptors (Lipinski definition) is 4. The van der Waals surface area contributed by atoms with Crippen LogP contribution in [0, 0.1) is 0 Å². The molecule has 14 heavy (non-hydrogen) atoms. The van der Waals surface area contributed by atoms with Gasteiger partial charge in [0.05, 0.1) is 19.0 Å². The lowest BCUT2D eigenvalue weighted by Gasteiger charge is -2.14. The van der Waals surface area contributed by atoms with Gasteiger partial charge in [0.1, 0.15) is 0 Å². The van der Waals surface area contributed by atoms with E-state index in [1.165, 1.54) is 0 Å². The number of nitrogens with two attached hydrogens (primary N) is 2. The van der Waals surface area contributed by atoms with Gasteiger partial charge in [-0.1, -0.05) is 13.3 Å². The number of anilines is 1. The highest BCUT2D eigenvalue weighted by atomic mass is 16.5. The maximum absolute atomic E-state index is 5.98. The quantitative estimate of drug-likeness (QED) is 0.763. The molecule has 0 unspecified atom stereocenters. The average molecular weight is 195 g/mol. The predicted molar refractivity (Wildman–Crippen MR) is 57.0 cm³/mol. The summed E-state index contributed by atoms with van der Waals surface area (Å²) in [4.78, 5) is 4.07. The third-order valence-corrected chi connectivity index (χ3v) is 2.09. The van der Waals surface area contributed by atoms with Gasteiger partial charge in [-0.3, -0.25) is 0 Å². The topological polar surface area (TPSA) is 74.2 Å². The van der Waals surface area contributed by atoms with Gasteiger partial charge < -0.3 is 16.2 Å². The number of methoxy groups -OCH3 is 1. The zero-order chi connectivity index (χ0) is 10.6. The van der Waals surface area contributed by atoms with E-state index in [0.29, 0.717) is 11.6 Å². The zero-order valence-electron chi connectivity index (χ0n) is 8.66. The molecule has 0 aliphatic rings. The van der Waals surface area contributed by atoms with Crippen molar-refractivity contribution < 1.29 is 4.74 Å². The van der Waals surface area contributed by atoms with E-state index < -0.39 is 0 Å². The Morgan fingerprint density at radius 1 is 1.57 bits per heavy atom. The molecule has 0 fully saturated rings. The van der Waals surface area contributed by atoms with Crippen molar-refractivity contribution in [3.8, 4) is 5.88 Å². The van der Waals surface area contributed by atoms with Crippen LogP contribution < -0.4 is 16.2 Å². The Morgan fingerprint density at radius 3 is 2.86 bits per heavy atom. The number of nitrogens with zero attached hydrogens (tertiary/aromatic N) is 1. The highest BCUT2D eigenvalue weighted by Crippen LogP contribution is 2.25. The molecule has 0 amide bonds. The first-order valence-corrected chi connectivity index (χ1v) is 4.74. The highest BCUT2D eigenvalue weighted by molar-refractivity contribution is 5.43. The SMILES string of the molecule is CCC[C@@H](N)c1cc(N)cnc1OC. The number of hydrogen-bond donors (Lipinski definition) is 2. The summed E-state index contributed by atoms with van der Waals surface area (Å²) in [6.45, 7) is 2.09. The number of ether oxygens (including phenoxy) is 1. The fourth-order valence-corrected chi connectivity index (χ4v) is 1.39. The third-order valence-electron chi connectivity index (χ3n) is 2.09. The molecule has 0 aliphatic carbocycles. The van der Waals surface area contributed by atoms with Crippen molar-refractivity contribution in [3.63, 3.8) is 0 Å². The lowest BCUT2D eigenvalue weighted by Crippen LogP contribution is -2.12. The van der Waals surface area contributed by atoms with Gasteiger partial charge in [0.2, 0.25) is 5.88 Å². The Hall–Kier alpha value is -1.29. The summed E-state index contributed by atoms with van der Waals surface area (Å²) in [6.07, 6.45) is 3.50. The molecule has 78 valence electrons. The lowest BCUT2D eigenvalue weighted by atomic mass is 10.0. The molecule has 0 spiro atoms. The van der Waals surface area contributed by atoms with E-state index in [9.17, 15) is 0 Å². The van der Waals surface area contributed by atoms with Crippen LogP contribution in [-0.2, 0) is 0 Å². The largest absolute Gasteiger partial charge is 0.481 e. The van der Waals surface area contributed by atoms with E-state index >= 15 is 0 Å². The summed E-state index contributed by atoms with van der Waals surface area (Å²) in [5, 5.41) is 0. The van der Waals surface area contributed by atoms with Gasteiger partial charge in [-0.05, 0) is 12.5 Å². The standard InChI is InChI=1S/C10H17N3O/c1-3-4-9(12)8-5-7(11)6-13-10(8)14-2/h5-6,9H,3-4,11-12H2,1-2H3/t9-/m1/s1. The van der Waals surface area contributed by atoms with Crippen molar-refractivity contribution in [2.45, 2.75) is 25.8 Å². The fourth-order valence-electron chi connectivity index (χ4n) is 1.39. The molecule has 4 nitrogen and oxygen atoms in total. The second-order valence-electron chi connectivity index (χ2n) is 3.26. The average Bonchev–Trinajstić information content (AvgIpc) is 2.18. The Balaban J connectivity index is 2.97. The van der Waals surface area contributed by atoms with E-state index in [2.05, 4.69) is 11.9 Å². The Kier molecular flexibility index (Phi) is 3.71. The molecule has 0 aliphatic heterocycles. The maximum atomic E-state index is 5.98. The highest BCUT2D eigenvalue weighted by Gasteiger charge is 2.12. The first-order chi connectivity index (χ1) is 6.69.